The highest BCUT2D eigenvalue weighted by Crippen LogP contribution is 2.54. The Labute approximate surface area is 198 Å². The molecule has 3 aromatic rings. The number of carbonyl (C=O) groups is 1. The van der Waals surface area contributed by atoms with Gasteiger partial charge in [-0.15, -0.1) is 0 Å². The molecular weight excluding hydrogens is 495 g/mol. The quantitative estimate of drug-likeness (QED) is 0.373. The molecule has 168 valence electrons. The van der Waals surface area contributed by atoms with Gasteiger partial charge in [0.1, 0.15) is 0 Å². The molecule has 8 heteroatoms. The van der Waals surface area contributed by atoms with Crippen molar-refractivity contribution in [2.24, 2.45) is 0 Å². The van der Waals surface area contributed by atoms with E-state index < -0.39 is 23.8 Å². The first kappa shape index (κ1) is 22.9. The van der Waals surface area contributed by atoms with Crippen molar-refractivity contribution in [1.29, 1.82) is 5.26 Å². The van der Waals surface area contributed by atoms with Crippen LogP contribution in [0.4, 0.5) is 29.3 Å². The third-order valence-electron chi connectivity index (χ3n) is 5.94. The Morgan fingerprint density at radius 2 is 1.61 bits per heavy atom. The molecule has 2 amide bonds. The fraction of sp³-hybridized carbons (Fsp3) is 0.200. The van der Waals surface area contributed by atoms with E-state index in [0.717, 1.165) is 21.9 Å². The average Bonchev–Trinajstić information content (AvgIpc) is 3.02. The second kappa shape index (κ2) is 8.23. The maximum atomic E-state index is 14.9. The van der Waals surface area contributed by atoms with E-state index in [4.69, 9.17) is 5.26 Å². The van der Waals surface area contributed by atoms with E-state index in [2.05, 4.69) is 15.9 Å². The number of hydrogen-bond donors (Lipinski definition) is 0. The standard InChI is InChI=1S/C25H19BrF3N3O/c1-16-4-3-5-18(14-16)22-24(2,25(27,28)29)32(21-10-6-17(15-30)7-11-21)23(33)31(22)20-12-8-19(26)9-13-20/h3-14,22H,1-2H3. The molecule has 0 N–H and O–H groups in total. The van der Waals surface area contributed by atoms with Crippen molar-refractivity contribution >= 4 is 33.3 Å². The second-order valence-corrected chi connectivity index (χ2v) is 9.00. The molecule has 0 bridgehead atoms. The second-order valence-electron chi connectivity index (χ2n) is 8.09. The highest BCUT2D eigenvalue weighted by atomic mass is 79.9. The Kier molecular flexibility index (Phi) is 5.71. The van der Waals surface area contributed by atoms with Crippen LogP contribution in [0, 0.1) is 18.3 Å². The maximum absolute atomic E-state index is 14.9. The molecule has 1 saturated heterocycles. The van der Waals surface area contributed by atoms with Crippen molar-refractivity contribution in [2.45, 2.75) is 31.6 Å². The number of amides is 2. The van der Waals surface area contributed by atoms with E-state index in [1.165, 1.54) is 29.2 Å². The molecule has 3 aromatic carbocycles. The number of hydrogen-bond acceptors (Lipinski definition) is 2. The van der Waals surface area contributed by atoms with E-state index >= 15 is 0 Å². The van der Waals surface area contributed by atoms with Crippen molar-refractivity contribution in [3.63, 3.8) is 0 Å². The van der Waals surface area contributed by atoms with Crippen molar-refractivity contribution < 1.29 is 18.0 Å². The molecule has 1 fully saturated rings. The zero-order valence-electron chi connectivity index (χ0n) is 17.8. The average molecular weight is 514 g/mol. The summed E-state index contributed by atoms with van der Waals surface area (Å²) in [4.78, 5) is 15.7. The Morgan fingerprint density at radius 3 is 2.15 bits per heavy atom. The van der Waals surface area contributed by atoms with Gasteiger partial charge in [-0.25, -0.2) is 4.79 Å². The van der Waals surface area contributed by atoms with Crippen LogP contribution >= 0.6 is 15.9 Å². The van der Waals surface area contributed by atoms with Gasteiger partial charge in [0.15, 0.2) is 5.54 Å². The number of aryl methyl sites for hydroxylation is 1. The van der Waals surface area contributed by atoms with Crippen LogP contribution in [-0.4, -0.2) is 17.7 Å². The van der Waals surface area contributed by atoms with Gasteiger partial charge in [0.05, 0.1) is 17.7 Å². The lowest BCUT2D eigenvalue weighted by Gasteiger charge is -2.40. The van der Waals surface area contributed by atoms with Crippen LogP contribution in [0.5, 0.6) is 0 Å². The third kappa shape index (κ3) is 3.76. The summed E-state index contributed by atoms with van der Waals surface area (Å²) in [5.74, 6) is 0. The van der Waals surface area contributed by atoms with E-state index in [9.17, 15) is 18.0 Å². The van der Waals surface area contributed by atoms with Crippen LogP contribution in [0.1, 0.15) is 29.7 Å². The predicted molar refractivity (Wildman–Crippen MR) is 124 cm³/mol. The molecule has 33 heavy (non-hydrogen) atoms. The first-order chi connectivity index (χ1) is 15.6. The van der Waals surface area contributed by atoms with Gasteiger partial charge in [0.25, 0.3) is 0 Å². The van der Waals surface area contributed by atoms with Crippen LogP contribution in [0.2, 0.25) is 0 Å². The first-order valence-corrected chi connectivity index (χ1v) is 10.9. The van der Waals surface area contributed by atoms with Gasteiger partial charge in [0.2, 0.25) is 0 Å². The van der Waals surface area contributed by atoms with Gasteiger partial charge in [-0.2, -0.15) is 18.4 Å². The summed E-state index contributed by atoms with van der Waals surface area (Å²) in [5, 5.41) is 9.08. The number of rotatable bonds is 3. The Morgan fingerprint density at radius 1 is 1.00 bits per heavy atom. The fourth-order valence-electron chi connectivity index (χ4n) is 4.31. The highest BCUT2D eigenvalue weighted by molar-refractivity contribution is 9.10. The number of nitriles is 1. The Hall–Kier alpha value is -3.31. The van der Waals surface area contributed by atoms with Crippen molar-refractivity contribution in [3.05, 3.63) is 94.0 Å². The minimum atomic E-state index is -4.77. The summed E-state index contributed by atoms with van der Waals surface area (Å²) >= 11 is 3.33. The number of urea groups is 1. The van der Waals surface area contributed by atoms with E-state index in [1.54, 1.807) is 55.5 Å². The number of nitrogens with zero attached hydrogens (tertiary/aromatic N) is 3. The molecule has 4 nitrogen and oxygen atoms in total. The molecule has 4 rings (SSSR count). The molecule has 1 aliphatic heterocycles. The lowest BCUT2D eigenvalue weighted by molar-refractivity contribution is -0.182. The molecule has 2 atom stereocenters. The minimum Gasteiger partial charge on any atom is -0.284 e. The number of halogens is 4. The molecule has 0 radical (unpaired) electrons. The zero-order chi connectivity index (χ0) is 24.0. The van der Waals surface area contributed by atoms with Gasteiger partial charge in [-0.3, -0.25) is 9.80 Å². The monoisotopic (exact) mass is 513 g/mol. The zero-order valence-corrected chi connectivity index (χ0v) is 19.4. The van der Waals surface area contributed by atoms with Crippen LogP contribution in [-0.2, 0) is 0 Å². The highest BCUT2D eigenvalue weighted by Gasteiger charge is 2.69. The minimum absolute atomic E-state index is 0.0658. The summed E-state index contributed by atoms with van der Waals surface area (Å²) in [7, 11) is 0. The van der Waals surface area contributed by atoms with E-state index in [-0.39, 0.29) is 5.69 Å². The van der Waals surface area contributed by atoms with Crippen LogP contribution in [0.3, 0.4) is 0 Å². The van der Waals surface area contributed by atoms with Crippen LogP contribution < -0.4 is 9.80 Å². The fourth-order valence-corrected chi connectivity index (χ4v) is 4.58. The van der Waals surface area contributed by atoms with Crippen LogP contribution in [0.15, 0.2) is 77.3 Å². The van der Waals surface area contributed by atoms with Gasteiger partial charge in [-0.05, 0) is 67.9 Å². The number of benzene rings is 3. The normalized spacial score (nSPS) is 20.8. The summed E-state index contributed by atoms with van der Waals surface area (Å²) in [6, 6.07) is 18.7. The summed E-state index contributed by atoms with van der Waals surface area (Å²) in [6.07, 6.45) is -4.77. The predicted octanol–water partition coefficient (Wildman–Crippen LogP) is 7.14. The number of anilines is 2. The molecule has 1 aliphatic rings. The molecule has 0 saturated carbocycles. The molecule has 2 unspecified atom stereocenters. The smallest absolute Gasteiger partial charge is 0.284 e. The van der Waals surface area contributed by atoms with Gasteiger partial charge < -0.3 is 0 Å². The lowest BCUT2D eigenvalue weighted by Crippen LogP contribution is -2.57. The molecule has 0 aromatic heterocycles. The third-order valence-corrected chi connectivity index (χ3v) is 6.47. The van der Waals surface area contributed by atoms with E-state index in [0.29, 0.717) is 16.8 Å². The summed E-state index contributed by atoms with van der Waals surface area (Å²) in [5.41, 5.74) is -0.713. The topological polar surface area (TPSA) is 47.3 Å². The van der Waals surface area contributed by atoms with Crippen molar-refractivity contribution in [3.8, 4) is 6.07 Å². The first-order valence-electron chi connectivity index (χ1n) is 10.1. The van der Waals surface area contributed by atoms with Gasteiger partial charge >= 0.3 is 12.2 Å². The molecule has 0 spiro atoms. The number of carbonyl (C=O) groups excluding carboxylic acids is 1. The SMILES string of the molecule is Cc1cccc(C2N(c3ccc(Br)cc3)C(=O)N(c3ccc(C#N)cc3)C2(C)C(F)(F)F)c1. The molecule has 0 aliphatic carbocycles. The Bertz CT molecular complexity index is 1240. The van der Waals surface area contributed by atoms with Crippen molar-refractivity contribution in [1.82, 2.24) is 0 Å². The Balaban J connectivity index is 2.00. The van der Waals surface area contributed by atoms with Gasteiger partial charge in [-0.1, -0.05) is 45.8 Å². The van der Waals surface area contributed by atoms with Gasteiger partial charge in [0, 0.05) is 15.8 Å². The van der Waals surface area contributed by atoms with E-state index in [1.807, 2.05) is 6.07 Å². The van der Waals surface area contributed by atoms with Crippen LogP contribution in [0.25, 0.3) is 0 Å². The molecule has 1 heterocycles. The largest absolute Gasteiger partial charge is 0.414 e. The summed E-state index contributed by atoms with van der Waals surface area (Å²) < 4.78 is 45.5. The lowest BCUT2D eigenvalue weighted by atomic mass is 9.84. The van der Waals surface area contributed by atoms with Crippen molar-refractivity contribution in [2.75, 3.05) is 9.80 Å². The summed E-state index contributed by atoms with van der Waals surface area (Å²) in [6.45, 7) is 2.85. The maximum Gasteiger partial charge on any atom is 0.414 e. The number of alkyl halides is 3. The molecular formula is C25H19BrF3N3O.